The van der Waals surface area contributed by atoms with E-state index in [1.54, 1.807) is 4.90 Å². The SMILES string of the molecule is CCN(CC)C(=O)c1nc(C(=O)NCCC(C)C)c2n1CCCC2. The number of carbonyl (C=O) groups excluding carboxylic acids is 2. The topological polar surface area (TPSA) is 67.2 Å². The second-order valence-electron chi connectivity index (χ2n) is 6.76. The molecule has 134 valence electrons. The first-order chi connectivity index (χ1) is 11.5. The number of fused-ring (bicyclic) bond motifs is 1. The largest absolute Gasteiger partial charge is 0.351 e. The van der Waals surface area contributed by atoms with Crippen LogP contribution in [0.25, 0.3) is 0 Å². The van der Waals surface area contributed by atoms with Gasteiger partial charge in [0.05, 0.1) is 5.69 Å². The van der Waals surface area contributed by atoms with Gasteiger partial charge in [-0.1, -0.05) is 13.8 Å². The zero-order valence-corrected chi connectivity index (χ0v) is 15.4. The van der Waals surface area contributed by atoms with E-state index in [1.165, 1.54) is 0 Å². The van der Waals surface area contributed by atoms with E-state index < -0.39 is 0 Å². The van der Waals surface area contributed by atoms with Crippen LogP contribution in [-0.2, 0) is 13.0 Å². The van der Waals surface area contributed by atoms with Crippen molar-refractivity contribution in [1.29, 1.82) is 0 Å². The van der Waals surface area contributed by atoms with Crippen molar-refractivity contribution in [2.75, 3.05) is 19.6 Å². The Kier molecular flexibility index (Phi) is 6.40. The van der Waals surface area contributed by atoms with Gasteiger partial charge in [-0.2, -0.15) is 0 Å². The lowest BCUT2D eigenvalue weighted by molar-refractivity contribution is 0.0754. The van der Waals surface area contributed by atoms with Gasteiger partial charge in [-0.15, -0.1) is 0 Å². The van der Waals surface area contributed by atoms with Crippen LogP contribution in [0.3, 0.4) is 0 Å². The molecule has 2 rings (SSSR count). The van der Waals surface area contributed by atoms with E-state index in [4.69, 9.17) is 0 Å². The van der Waals surface area contributed by atoms with Gasteiger partial charge in [0, 0.05) is 26.2 Å². The molecule has 1 aliphatic heterocycles. The van der Waals surface area contributed by atoms with Crippen molar-refractivity contribution in [2.45, 2.75) is 59.9 Å². The first kappa shape index (κ1) is 18.5. The Morgan fingerprint density at radius 2 is 1.96 bits per heavy atom. The highest BCUT2D eigenvalue weighted by Gasteiger charge is 2.28. The Balaban J connectivity index is 2.26. The van der Waals surface area contributed by atoms with E-state index in [-0.39, 0.29) is 11.8 Å². The molecular formula is C18H30N4O2. The highest BCUT2D eigenvalue weighted by Crippen LogP contribution is 2.22. The maximum absolute atomic E-state index is 12.7. The minimum Gasteiger partial charge on any atom is -0.351 e. The van der Waals surface area contributed by atoms with Crippen LogP contribution in [0.1, 0.15) is 73.8 Å². The van der Waals surface area contributed by atoms with E-state index in [0.29, 0.717) is 37.1 Å². The van der Waals surface area contributed by atoms with Crippen molar-refractivity contribution in [3.05, 3.63) is 17.2 Å². The van der Waals surface area contributed by atoms with E-state index >= 15 is 0 Å². The van der Waals surface area contributed by atoms with Gasteiger partial charge in [-0.05, 0) is 45.4 Å². The quantitative estimate of drug-likeness (QED) is 0.833. The highest BCUT2D eigenvalue weighted by molar-refractivity contribution is 5.97. The second kappa shape index (κ2) is 8.31. The van der Waals surface area contributed by atoms with Crippen LogP contribution in [0.15, 0.2) is 0 Å². The number of rotatable bonds is 7. The third-order valence-corrected chi connectivity index (χ3v) is 4.58. The number of carbonyl (C=O) groups is 2. The van der Waals surface area contributed by atoms with Gasteiger partial charge in [0.2, 0.25) is 0 Å². The highest BCUT2D eigenvalue weighted by atomic mass is 16.2. The summed E-state index contributed by atoms with van der Waals surface area (Å²) in [5.41, 5.74) is 1.35. The molecular weight excluding hydrogens is 304 g/mol. The Morgan fingerprint density at radius 3 is 2.58 bits per heavy atom. The summed E-state index contributed by atoms with van der Waals surface area (Å²) in [5.74, 6) is 0.729. The third kappa shape index (κ3) is 3.97. The molecule has 0 radical (unpaired) electrons. The summed E-state index contributed by atoms with van der Waals surface area (Å²) < 4.78 is 1.96. The van der Waals surface area contributed by atoms with Crippen molar-refractivity contribution in [2.24, 2.45) is 5.92 Å². The fourth-order valence-corrected chi connectivity index (χ4v) is 3.10. The molecule has 6 heteroatoms. The number of imidazole rings is 1. The molecule has 2 heterocycles. The van der Waals surface area contributed by atoms with Crippen molar-refractivity contribution < 1.29 is 9.59 Å². The van der Waals surface area contributed by atoms with E-state index in [0.717, 1.165) is 37.9 Å². The first-order valence-corrected chi connectivity index (χ1v) is 9.16. The van der Waals surface area contributed by atoms with Crippen LogP contribution in [0.4, 0.5) is 0 Å². The molecule has 0 saturated heterocycles. The van der Waals surface area contributed by atoms with E-state index in [1.807, 2.05) is 18.4 Å². The average molecular weight is 334 g/mol. The minimum absolute atomic E-state index is 0.0793. The zero-order valence-electron chi connectivity index (χ0n) is 15.4. The van der Waals surface area contributed by atoms with E-state index in [2.05, 4.69) is 24.1 Å². The number of amides is 2. The Morgan fingerprint density at radius 1 is 1.25 bits per heavy atom. The molecule has 24 heavy (non-hydrogen) atoms. The summed E-state index contributed by atoms with van der Waals surface area (Å²) in [4.78, 5) is 31.5. The van der Waals surface area contributed by atoms with Crippen LogP contribution in [0.2, 0.25) is 0 Å². The average Bonchev–Trinajstić information content (AvgIpc) is 2.95. The van der Waals surface area contributed by atoms with Gasteiger partial charge in [0.25, 0.3) is 11.8 Å². The molecule has 0 aliphatic carbocycles. The summed E-state index contributed by atoms with van der Waals surface area (Å²) >= 11 is 0. The Bertz CT molecular complexity index is 588. The minimum atomic E-state index is -0.153. The van der Waals surface area contributed by atoms with E-state index in [9.17, 15) is 9.59 Å². The molecule has 0 saturated carbocycles. The number of nitrogens with one attached hydrogen (secondary N) is 1. The van der Waals surface area contributed by atoms with Crippen LogP contribution < -0.4 is 5.32 Å². The van der Waals surface area contributed by atoms with Gasteiger partial charge in [0.1, 0.15) is 5.69 Å². The lowest BCUT2D eigenvalue weighted by Crippen LogP contribution is -2.33. The lowest BCUT2D eigenvalue weighted by atomic mass is 10.1. The summed E-state index contributed by atoms with van der Waals surface area (Å²) in [7, 11) is 0. The molecule has 1 aromatic rings. The number of hydrogen-bond donors (Lipinski definition) is 1. The molecule has 0 fully saturated rings. The summed E-state index contributed by atoms with van der Waals surface area (Å²) in [5, 5.41) is 2.95. The normalized spacial score (nSPS) is 13.7. The molecule has 0 aromatic carbocycles. The predicted molar refractivity (Wildman–Crippen MR) is 94.2 cm³/mol. The maximum atomic E-state index is 12.7. The number of hydrogen-bond acceptors (Lipinski definition) is 3. The van der Waals surface area contributed by atoms with Crippen molar-refractivity contribution in [3.63, 3.8) is 0 Å². The first-order valence-electron chi connectivity index (χ1n) is 9.16. The van der Waals surface area contributed by atoms with Crippen LogP contribution in [0.5, 0.6) is 0 Å². The molecule has 1 aliphatic rings. The van der Waals surface area contributed by atoms with Crippen LogP contribution in [-0.4, -0.2) is 45.9 Å². The molecule has 1 aromatic heterocycles. The molecule has 0 spiro atoms. The fraction of sp³-hybridized carbons (Fsp3) is 0.722. The molecule has 2 amide bonds. The monoisotopic (exact) mass is 334 g/mol. The van der Waals surface area contributed by atoms with Crippen molar-refractivity contribution >= 4 is 11.8 Å². The Hall–Kier alpha value is -1.85. The maximum Gasteiger partial charge on any atom is 0.289 e. The van der Waals surface area contributed by atoms with Crippen LogP contribution >= 0.6 is 0 Å². The number of aromatic nitrogens is 2. The molecule has 1 N–H and O–H groups in total. The van der Waals surface area contributed by atoms with Gasteiger partial charge < -0.3 is 14.8 Å². The van der Waals surface area contributed by atoms with Gasteiger partial charge in [-0.3, -0.25) is 9.59 Å². The third-order valence-electron chi connectivity index (χ3n) is 4.58. The van der Waals surface area contributed by atoms with Gasteiger partial charge in [-0.25, -0.2) is 4.98 Å². The zero-order chi connectivity index (χ0) is 17.7. The smallest absolute Gasteiger partial charge is 0.289 e. The second-order valence-corrected chi connectivity index (χ2v) is 6.76. The summed E-state index contributed by atoms with van der Waals surface area (Å²) in [6.45, 7) is 10.9. The number of nitrogens with zero attached hydrogens (tertiary/aromatic N) is 3. The van der Waals surface area contributed by atoms with Crippen molar-refractivity contribution in [3.8, 4) is 0 Å². The summed E-state index contributed by atoms with van der Waals surface area (Å²) in [6.07, 6.45) is 3.81. The van der Waals surface area contributed by atoms with Gasteiger partial charge >= 0.3 is 0 Å². The van der Waals surface area contributed by atoms with Crippen molar-refractivity contribution in [1.82, 2.24) is 19.8 Å². The van der Waals surface area contributed by atoms with Gasteiger partial charge in [0.15, 0.2) is 5.82 Å². The lowest BCUT2D eigenvalue weighted by Gasteiger charge is -2.21. The summed E-state index contributed by atoms with van der Waals surface area (Å²) in [6, 6.07) is 0. The fourth-order valence-electron chi connectivity index (χ4n) is 3.10. The van der Waals surface area contributed by atoms with Crippen LogP contribution in [0, 0.1) is 5.92 Å². The Labute approximate surface area is 144 Å². The molecule has 0 unspecified atom stereocenters. The predicted octanol–water partition coefficient (Wildman–Crippen LogP) is 2.48. The molecule has 0 bridgehead atoms. The molecule has 6 nitrogen and oxygen atoms in total. The standard InChI is InChI=1S/C18H30N4O2/c1-5-21(6-2)18(24)16-20-15(14-9-7-8-12-22(14)16)17(23)19-11-10-13(3)4/h13H,5-12H2,1-4H3,(H,19,23). The molecule has 0 atom stereocenters.